The van der Waals surface area contributed by atoms with Gasteiger partial charge in [0.2, 0.25) is 0 Å². The summed E-state index contributed by atoms with van der Waals surface area (Å²) in [7, 11) is -3.61. The second kappa shape index (κ2) is 9.25. The number of halogens is 3. The first-order valence-electron chi connectivity index (χ1n) is 9.69. The van der Waals surface area contributed by atoms with E-state index in [0.717, 1.165) is 16.7 Å². The molecule has 2 N–H and O–H groups in total. The summed E-state index contributed by atoms with van der Waals surface area (Å²) >= 11 is 0. The number of para-hydroxylation sites is 1. The summed E-state index contributed by atoms with van der Waals surface area (Å²) in [6, 6.07) is 9.77. The molecule has 0 amide bonds. The van der Waals surface area contributed by atoms with E-state index < -0.39 is 15.5 Å². The van der Waals surface area contributed by atoms with E-state index in [4.69, 9.17) is 4.42 Å². The van der Waals surface area contributed by atoms with E-state index in [2.05, 4.69) is 15.6 Å². The maximum atomic E-state index is 12.6. The lowest BCUT2D eigenvalue weighted by Gasteiger charge is -2.31. The fourth-order valence-corrected chi connectivity index (χ4v) is 4.41. The van der Waals surface area contributed by atoms with Crippen LogP contribution in [0.2, 0.25) is 0 Å². The molecule has 0 saturated carbocycles. The Morgan fingerprint density at radius 3 is 2.57 bits per heavy atom. The monoisotopic (exact) mass is 446 g/mol. The summed E-state index contributed by atoms with van der Waals surface area (Å²) in [6.45, 7) is 0.838. The van der Waals surface area contributed by atoms with Crippen LogP contribution in [-0.2, 0) is 16.4 Å². The molecule has 0 radical (unpaired) electrons. The van der Waals surface area contributed by atoms with Crippen LogP contribution in [0.25, 0.3) is 11.0 Å². The molecule has 0 bridgehead atoms. The molecule has 1 aliphatic heterocycles. The number of nitrogens with one attached hydrogen (secondary N) is 2. The van der Waals surface area contributed by atoms with Crippen molar-refractivity contribution in [2.24, 2.45) is 10.9 Å². The molecule has 0 spiro atoms. The highest BCUT2D eigenvalue weighted by molar-refractivity contribution is 7.90. The van der Waals surface area contributed by atoms with Gasteiger partial charge in [-0.2, -0.15) is 17.5 Å². The van der Waals surface area contributed by atoms with Crippen LogP contribution in [0.3, 0.4) is 0 Å². The van der Waals surface area contributed by atoms with E-state index in [1.807, 2.05) is 30.3 Å². The van der Waals surface area contributed by atoms with E-state index >= 15 is 0 Å². The Morgan fingerprint density at radius 2 is 1.93 bits per heavy atom. The molecule has 166 valence electrons. The number of hydrogen-bond acceptors (Lipinski definition) is 4. The Bertz CT molecular complexity index is 947. The summed E-state index contributed by atoms with van der Waals surface area (Å²) in [6.07, 6.45) is 1.39. The number of rotatable bonds is 6. The second-order valence-corrected chi connectivity index (χ2v) is 9.10. The Morgan fingerprint density at radius 1 is 1.23 bits per heavy atom. The van der Waals surface area contributed by atoms with Gasteiger partial charge in [0.05, 0.1) is 0 Å². The maximum absolute atomic E-state index is 12.6. The Labute approximate surface area is 173 Å². The van der Waals surface area contributed by atoms with Crippen molar-refractivity contribution < 1.29 is 26.0 Å². The van der Waals surface area contributed by atoms with E-state index in [1.54, 1.807) is 7.05 Å². The maximum Gasteiger partial charge on any atom is 0.511 e. The zero-order valence-corrected chi connectivity index (χ0v) is 17.4. The first kappa shape index (κ1) is 22.4. The predicted octanol–water partition coefficient (Wildman–Crippen LogP) is 2.70. The van der Waals surface area contributed by atoms with Gasteiger partial charge >= 0.3 is 15.5 Å². The largest absolute Gasteiger partial charge is 0.511 e. The fourth-order valence-electron chi connectivity index (χ4n) is 3.43. The highest BCUT2D eigenvalue weighted by Gasteiger charge is 2.50. The molecule has 7 nitrogen and oxygen atoms in total. The minimum atomic E-state index is -5.25. The minimum absolute atomic E-state index is 0.0682. The van der Waals surface area contributed by atoms with Gasteiger partial charge in [-0.25, -0.2) is 8.42 Å². The van der Waals surface area contributed by atoms with Crippen LogP contribution in [0.4, 0.5) is 13.2 Å². The number of furan rings is 1. The van der Waals surface area contributed by atoms with Gasteiger partial charge in [-0.3, -0.25) is 4.99 Å². The van der Waals surface area contributed by atoms with Gasteiger partial charge in [-0.05, 0) is 30.9 Å². The van der Waals surface area contributed by atoms with Crippen LogP contribution in [0.5, 0.6) is 0 Å². The quantitative estimate of drug-likeness (QED) is 0.526. The van der Waals surface area contributed by atoms with E-state index in [0.29, 0.717) is 42.6 Å². The van der Waals surface area contributed by atoms with E-state index in [9.17, 15) is 21.6 Å². The number of benzene rings is 1. The highest BCUT2D eigenvalue weighted by Crippen LogP contribution is 2.30. The van der Waals surface area contributed by atoms with Crippen molar-refractivity contribution in [1.82, 2.24) is 14.9 Å². The third-order valence-electron chi connectivity index (χ3n) is 5.13. The summed E-state index contributed by atoms with van der Waals surface area (Å²) < 4.78 is 67.1. The van der Waals surface area contributed by atoms with E-state index in [1.165, 1.54) is 0 Å². The number of fused-ring (bicyclic) bond motifs is 1. The summed E-state index contributed by atoms with van der Waals surface area (Å²) in [5.41, 5.74) is -4.40. The van der Waals surface area contributed by atoms with Gasteiger partial charge in [0, 0.05) is 45.0 Å². The van der Waals surface area contributed by atoms with Gasteiger partial charge < -0.3 is 15.1 Å². The first-order valence-corrected chi connectivity index (χ1v) is 11.1. The van der Waals surface area contributed by atoms with Crippen molar-refractivity contribution in [3.8, 4) is 0 Å². The molecule has 1 saturated heterocycles. The van der Waals surface area contributed by atoms with Crippen LogP contribution < -0.4 is 10.6 Å². The molecule has 2 heterocycles. The number of alkyl halides is 3. The summed E-state index contributed by atoms with van der Waals surface area (Å²) in [5.74, 6) is 1.51. The third-order valence-corrected chi connectivity index (χ3v) is 6.76. The number of aliphatic imine (C=N–C) groups is 1. The number of piperidine rings is 1. The number of sulfonamides is 1. The van der Waals surface area contributed by atoms with Gasteiger partial charge in [-0.15, -0.1) is 0 Å². The van der Waals surface area contributed by atoms with Crippen LogP contribution in [-0.4, -0.2) is 57.4 Å². The molecule has 11 heteroatoms. The third kappa shape index (κ3) is 5.25. The lowest BCUT2D eigenvalue weighted by atomic mass is 9.98. The lowest BCUT2D eigenvalue weighted by molar-refractivity contribution is -0.0496. The van der Waals surface area contributed by atoms with Gasteiger partial charge in [0.25, 0.3) is 0 Å². The van der Waals surface area contributed by atoms with Gasteiger partial charge in [0.1, 0.15) is 11.3 Å². The normalized spacial score (nSPS) is 17.4. The molecule has 0 aliphatic carbocycles. The SMILES string of the molecule is CN=C(NCCc1cc2ccccc2o1)NCC1CCN(S(=O)(=O)C(F)(F)F)CC1. The lowest BCUT2D eigenvalue weighted by Crippen LogP contribution is -2.47. The van der Waals surface area contributed by atoms with Gasteiger partial charge in [-0.1, -0.05) is 18.2 Å². The van der Waals surface area contributed by atoms with Crippen molar-refractivity contribution in [2.75, 3.05) is 33.2 Å². The molecule has 2 aromatic rings. The molecule has 30 heavy (non-hydrogen) atoms. The molecule has 1 aromatic carbocycles. The number of nitrogens with zero attached hydrogens (tertiary/aromatic N) is 2. The average Bonchev–Trinajstić information content (AvgIpc) is 3.13. The molecule has 0 atom stereocenters. The topological polar surface area (TPSA) is 86.9 Å². The number of hydrogen-bond donors (Lipinski definition) is 2. The molecule has 3 rings (SSSR count). The van der Waals surface area contributed by atoms with Gasteiger partial charge in [0.15, 0.2) is 5.96 Å². The van der Waals surface area contributed by atoms with Crippen molar-refractivity contribution in [1.29, 1.82) is 0 Å². The fraction of sp³-hybridized carbons (Fsp3) is 0.526. The summed E-state index contributed by atoms with van der Waals surface area (Å²) in [5, 5.41) is 7.38. The standard InChI is InChI=1S/C19H25F3N4O3S/c1-23-18(24-9-6-16-12-15-4-2-3-5-17(15)29-16)25-13-14-7-10-26(11-8-14)30(27,28)19(20,21)22/h2-5,12,14H,6-11,13H2,1H3,(H2,23,24,25). The van der Waals surface area contributed by atoms with Crippen molar-refractivity contribution in [3.63, 3.8) is 0 Å². The molecule has 1 aromatic heterocycles. The highest BCUT2D eigenvalue weighted by atomic mass is 32.2. The van der Waals surface area contributed by atoms with Crippen molar-refractivity contribution in [2.45, 2.75) is 24.8 Å². The Balaban J connectivity index is 1.40. The zero-order chi connectivity index (χ0) is 21.8. The van der Waals surface area contributed by atoms with Crippen LogP contribution >= 0.6 is 0 Å². The number of guanidine groups is 1. The molecule has 1 fully saturated rings. The average molecular weight is 446 g/mol. The minimum Gasteiger partial charge on any atom is -0.461 e. The molecular weight excluding hydrogens is 421 g/mol. The predicted molar refractivity (Wildman–Crippen MR) is 109 cm³/mol. The van der Waals surface area contributed by atoms with Crippen molar-refractivity contribution >= 4 is 27.0 Å². The van der Waals surface area contributed by atoms with E-state index in [-0.39, 0.29) is 19.0 Å². The molecule has 1 aliphatic rings. The van der Waals surface area contributed by atoms with Crippen LogP contribution in [0, 0.1) is 5.92 Å². The molecular formula is C19H25F3N4O3S. The van der Waals surface area contributed by atoms with Crippen LogP contribution in [0.15, 0.2) is 39.7 Å². The summed E-state index contributed by atoms with van der Waals surface area (Å²) in [4.78, 5) is 4.14. The smallest absolute Gasteiger partial charge is 0.461 e. The molecule has 0 unspecified atom stereocenters. The Kier molecular flexibility index (Phi) is 6.91. The second-order valence-electron chi connectivity index (χ2n) is 7.17. The first-order chi connectivity index (χ1) is 14.2. The zero-order valence-electron chi connectivity index (χ0n) is 16.6. The van der Waals surface area contributed by atoms with Crippen LogP contribution in [0.1, 0.15) is 18.6 Å². The van der Waals surface area contributed by atoms with Crippen molar-refractivity contribution in [3.05, 3.63) is 36.1 Å². The Hall–Kier alpha value is -2.27.